The van der Waals surface area contributed by atoms with Gasteiger partial charge in [-0.15, -0.1) is 0 Å². The first-order valence-corrected chi connectivity index (χ1v) is 5.32. The van der Waals surface area contributed by atoms with Crippen LogP contribution in [0.1, 0.15) is 6.42 Å². The first-order valence-electron chi connectivity index (χ1n) is 3.71. The average Bonchev–Trinajstić information content (AvgIpc) is 1.97. The Hall–Kier alpha value is -0.270. The minimum Gasteiger partial charge on any atom is -0.391 e. The summed E-state index contributed by atoms with van der Waals surface area (Å²) in [6.45, 7) is 0. The minimum atomic E-state index is -4.36. The molecule has 1 rings (SSSR count). The van der Waals surface area contributed by atoms with Crippen LogP contribution < -0.4 is 11.9 Å². The lowest BCUT2D eigenvalue weighted by molar-refractivity contribution is 0.0699. The molecule has 0 radical (unpaired) electrons. The lowest BCUT2D eigenvalue weighted by atomic mass is 9.97. The summed E-state index contributed by atoms with van der Waals surface area (Å²) in [5, 5.41) is 18.1. The smallest absolute Gasteiger partial charge is 0.352 e. The Bertz CT molecular complexity index is 275. The van der Waals surface area contributed by atoms with Crippen LogP contribution in [-0.4, -0.2) is 38.2 Å². The summed E-state index contributed by atoms with van der Waals surface area (Å²) in [7, 11) is -4.36. The number of aliphatic hydroxyl groups is 2. The van der Waals surface area contributed by atoms with Crippen molar-refractivity contribution in [2.45, 2.75) is 24.7 Å². The van der Waals surface area contributed by atoms with Crippen molar-refractivity contribution in [2.24, 2.45) is 5.73 Å². The molecule has 7 nitrogen and oxygen atoms in total. The largest absolute Gasteiger partial charge is 0.391 e. The number of nitrogens with two attached hydrogens (primary N) is 1. The van der Waals surface area contributed by atoms with Crippen LogP contribution in [0.3, 0.4) is 0 Å². The Morgan fingerprint density at radius 3 is 2.29 bits per heavy atom. The van der Waals surface area contributed by atoms with Crippen LogP contribution in [0, 0.1) is 0 Å². The van der Waals surface area contributed by atoms with Gasteiger partial charge >= 0.3 is 7.60 Å². The van der Waals surface area contributed by atoms with E-state index in [4.69, 9.17) is 15.5 Å². The molecule has 0 saturated heterocycles. The number of rotatable bonds is 1. The SMILES string of the molecule is N.N[C@H]1[C@H](O)C=C(P(=O)(O)O)C[C@@H]1O. The van der Waals surface area contributed by atoms with Gasteiger partial charge in [0.1, 0.15) is 0 Å². The Labute approximate surface area is 81.0 Å². The van der Waals surface area contributed by atoms with Crippen molar-refractivity contribution < 1.29 is 24.6 Å². The van der Waals surface area contributed by atoms with Crippen LogP contribution in [0.2, 0.25) is 0 Å². The lowest BCUT2D eigenvalue weighted by Crippen LogP contribution is -2.46. The summed E-state index contributed by atoms with van der Waals surface area (Å²) in [6, 6.07) is -0.879. The van der Waals surface area contributed by atoms with E-state index in [0.29, 0.717) is 0 Å². The standard InChI is InChI=1S/C6H12NO5P.H3N/c7-6-4(8)1-3(2-5(6)9)13(10,11)12;/h1,4-6,8-9H,2,7H2,(H2,10,11,12);1H3/t4-,5+,6+;/m1./s1. The first kappa shape index (κ1) is 13.7. The van der Waals surface area contributed by atoms with Gasteiger partial charge in [-0.3, -0.25) is 4.57 Å². The van der Waals surface area contributed by atoms with E-state index in [0.717, 1.165) is 6.08 Å². The summed E-state index contributed by atoms with van der Waals surface area (Å²) < 4.78 is 10.7. The Morgan fingerprint density at radius 1 is 1.43 bits per heavy atom. The van der Waals surface area contributed by atoms with Gasteiger partial charge in [0.15, 0.2) is 0 Å². The second-order valence-electron chi connectivity index (χ2n) is 3.04. The van der Waals surface area contributed by atoms with Gasteiger partial charge in [0, 0.05) is 11.7 Å². The van der Waals surface area contributed by atoms with Crippen molar-refractivity contribution in [3.05, 3.63) is 11.4 Å². The zero-order valence-corrected chi connectivity index (χ0v) is 8.34. The van der Waals surface area contributed by atoms with Crippen LogP contribution in [0.4, 0.5) is 0 Å². The predicted molar refractivity (Wildman–Crippen MR) is 49.8 cm³/mol. The molecule has 8 heteroatoms. The van der Waals surface area contributed by atoms with Crippen molar-refractivity contribution in [1.29, 1.82) is 0 Å². The van der Waals surface area contributed by atoms with E-state index in [9.17, 15) is 14.8 Å². The molecule has 14 heavy (non-hydrogen) atoms. The van der Waals surface area contributed by atoms with E-state index in [-0.39, 0.29) is 17.9 Å². The van der Waals surface area contributed by atoms with E-state index in [1.807, 2.05) is 0 Å². The molecule has 1 aliphatic rings. The van der Waals surface area contributed by atoms with Gasteiger partial charge in [-0.2, -0.15) is 0 Å². The van der Waals surface area contributed by atoms with E-state index < -0.39 is 25.8 Å². The molecular formula is C6H15N2O5P. The number of aliphatic hydroxyl groups excluding tert-OH is 2. The molecule has 9 N–H and O–H groups in total. The molecule has 0 heterocycles. The molecule has 0 amide bonds. The maximum Gasteiger partial charge on any atom is 0.352 e. The molecule has 0 aromatic carbocycles. The van der Waals surface area contributed by atoms with Gasteiger partial charge in [-0.05, 0) is 6.08 Å². The Kier molecular flexibility index (Phi) is 4.41. The second kappa shape index (κ2) is 4.50. The highest BCUT2D eigenvalue weighted by Gasteiger charge is 2.34. The first-order chi connectivity index (χ1) is 5.82. The fourth-order valence-corrected chi connectivity index (χ4v) is 1.94. The van der Waals surface area contributed by atoms with E-state index in [1.165, 1.54) is 0 Å². The van der Waals surface area contributed by atoms with Gasteiger partial charge in [0.25, 0.3) is 0 Å². The second-order valence-corrected chi connectivity index (χ2v) is 4.70. The summed E-state index contributed by atoms with van der Waals surface area (Å²) in [5.74, 6) is 0. The molecule has 1 aliphatic carbocycles. The molecule has 0 fully saturated rings. The maximum absolute atomic E-state index is 10.7. The van der Waals surface area contributed by atoms with Crippen LogP contribution in [0.25, 0.3) is 0 Å². The van der Waals surface area contributed by atoms with Crippen molar-refractivity contribution in [1.82, 2.24) is 6.15 Å². The molecule has 0 aromatic rings. The molecule has 84 valence electrons. The Morgan fingerprint density at radius 2 is 1.93 bits per heavy atom. The van der Waals surface area contributed by atoms with Crippen LogP contribution in [-0.2, 0) is 4.57 Å². The minimum absolute atomic E-state index is 0. The number of hydrogen-bond acceptors (Lipinski definition) is 5. The fourth-order valence-electron chi connectivity index (χ4n) is 1.17. The van der Waals surface area contributed by atoms with Gasteiger partial charge < -0.3 is 31.9 Å². The zero-order valence-electron chi connectivity index (χ0n) is 7.45. The molecule has 0 bridgehead atoms. The molecule has 0 unspecified atom stereocenters. The van der Waals surface area contributed by atoms with E-state index in [1.54, 1.807) is 0 Å². The molecular weight excluding hydrogens is 211 g/mol. The number of hydrogen-bond donors (Lipinski definition) is 6. The quantitative estimate of drug-likeness (QED) is 0.302. The third-order valence-corrected chi connectivity index (χ3v) is 3.07. The molecule has 3 atom stereocenters. The predicted octanol–water partition coefficient (Wildman–Crippen LogP) is -1.34. The van der Waals surface area contributed by atoms with Crippen LogP contribution in [0.15, 0.2) is 11.4 Å². The van der Waals surface area contributed by atoms with E-state index in [2.05, 4.69) is 0 Å². The van der Waals surface area contributed by atoms with Crippen molar-refractivity contribution >= 4 is 7.60 Å². The monoisotopic (exact) mass is 226 g/mol. The van der Waals surface area contributed by atoms with E-state index >= 15 is 0 Å². The molecule has 0 aromatic heterocycles. The van der Waals surface area contributed by atoms with Crippen LogP contribution in [0.5, 0.6) is 0 Å². The van der Waals surface area contributed by atoms with Crippen molar-refractivity contribution in [3.8, 4) is 0 Å². The van der Waals surface area contributed by atoms with Crippen molar-refractivity contribution in [3.63, 3.8) is 0 Å². The molecule has 0 aliphatic heterocycles. The maximum atomic E-state index is 10.7. The average molecular weight is 226 g/mol. The lowest BCUT2D eigenvalue weighted by Gasteiger charge is -2.28. The highest BCUT2D eigenvalue weighted by atomic mass is 31.2. The van der Waals surface area contributed by atoms with Gasteiger partial charge in [-0.25, -0.2) is 0 Å². The summed E-state index contributed by atoms with van der Waals surface area (Å²) in [6.07, 6.45) is -1.49. The highest BCUT2D eigenvalue weighted by Crippen LogP contribution is 2.48. The topological polar surface area (TPSA) is 159 Å². The molecule has 0 spiro atoms. The van der Waals surface area contributed by atoms with Crippen molar-refractivity contribution in [2.75, 3.05) is 0 Å². The van der Waals surface area contributed by atoms with Gasteiger partial charge in [-0.1, -0.05) is 0 Å². The summed E-state index contributed by atoms with van der Waals surface area (Å²) in [5.41, 5.74) is 5.33. The normalized spacial score (nSPS) is 33.2. The van der Waals surface area contributed by atoms with Crippen LogP contribution >= 0.6 is 7.60 Å². The van der Waals surface area contributed by atoms with Gasteiger partial charge in [0.2, 0.25) is 0 Å². The molecule has 0 saturated carbocycles. The summed E-state index contributed by atoms with van der Waals surface area (Å²) >= 11 is 0. The summed E-state index contributed by atoms with van der Waals surface area (Å²) in [4.78, 5) is 17.5. The third kappa shape index (κ3) is 2.86. The highest BCUT2D eigenvalue weighted by molar-refractivity contribution is 7.56. The third-order valence-electron chi connectivity index (χ3n) is 1.99. The Balaban J connectivity index is 0.00000169. The zero-order chi connectivity index (χ0) is 10.2. The van der Waals surface area contributed by atoms with Gasteiger partial charge in [0.05, 0.1) is 18.2 Å². The fraction of sp³-hybridized carbons (Fsp3) is 0.667.